The zero-order valence-electron chi connectivity index (χ0n) is 12.3. The Morgan fingerprint density at radius 1 is 0.957 bits per heavy atom. The van der Waals surface area contributed by atoms with E-state index in [-0.39, 0.29) is 5.82 Å². The number of ether oxygens (including phenoxy) is 1. The van der Waals surface area contributed by atoms with E-state index >= 15 is 0 Å². The van der Waals surface area contributed by atoms with E-state index in [2.05, 4.69) is 0 Å². The lowest BCUT2D eigenvalue weighted by atomic mass is 10.0. The van der Waals surface area contributed by atoms with E-state index in [0.717, 1.165) is 11.1 Å². The van der Waals surface area contributed by atoms with E-state index < -0.39 is 0 Å². The van der Waals surface area contributed by atoms with Gasteiger partial charge in [-0.2, -0.15) is 0 Å². The van der Waals surface area contributed by atoms with Crippen LogP contribution in [0.4, 0.5) is 10.1 Å². The molecule has 0 spiro atoms. The summed E-state index contributed by atoms with van der Waals surface area (Å²) in [6.07, 6.45) is 0. The van der Waals surface area contributed by atoms with Gasteiger partial charge in [0.15, 0.2) is 0 Å². The maximum atomic E-state index is 13.4. The van der Waals surface area contributed by atoms with E-state index in [4.69, 9.17) is 22.1 Å². The molecule has 3 aromatic rings. The molecule has 0 unspecified atom stereocenters. The Morgan fingerprint density at radius 3 is 2.48 bits per heavy atom. The van der Waals surface area contributed by atoms with E-state index in [9.17, 15) is 4.39 Å². The molecule has 4 heteroatoms. The van der Waals surface area contributed by atoms with Crippen LogP contribution in [0, 0.1) is 5.82 Å². The third kappa shape index (κ3) is 3.63. The molecule has 23 heavy (non-hydrogen) atoms. The van der Waals surface area contributed by atoms with Gasteiger partial charge in [0.2, 0.25) is 0 Å². The lowest BCUT2D eigenvalue weighted by Crippen LogP contribution is -1.99. The number of anilines is 1. The Hall–Kier alpha value is -2.52. The quantitative estimate of drug-likeness (QED) is 0.659. The van der Waals surface area contributed by atoms with Crippen LogP contribution in [-0.4, -0.2) is 0 Å². The van der Waals surface area contributed by atoms with Crippen LogP contribution < -0.4 is 10.5 Å². The fraction of sp³-hybridized carbons (Fsp3) is 0.0526. The summed E-state index contributed by atoms with van der Waals surface area (Å²) in [7, 11) is 0. The molecule has 0 fully saturated rings. The Kier molecular flexibility index (Phi) is 4.49. The molecule has 0 bridgehead atoms. The summed E-state index contributed by atoms with van der Waals surface area (Å²) < 4.78 is 19.1. The zero-order chi connectivity index (χ0) is 16.2. The number of nitrogens with two attached hydrogens (primary N) is 1. The molecule has 0 saturated carbocycles. The van der Waals surface area contributed by atoms with E-state index in [0.29, 0.717) is 28.6 Å². The zero-order valence-corrected chi connectivity index (χ0v) is 13.1. The first-order valence-electron chi connectivity index (χ1n) is 7.15. The molecule has 0 aromatic heterocycles. The van der Waals surface area contributed by atoms with Gasteiger partial charge in [-0.15, -0.1) is 0 Å². The van der Waals surface area contributed by atoms with Crippen LogP contribution >= 0.6 is 11.6 Å². The normalized spacial score (nSPS) is 10.5. The minimum Gasteiger partial charge on any atom is -0.487 e. The van der Waals surface area contributed by atoms with Crippen LogP contribution in [-0.2, 0) is 6.61 Å². The smallest absolute Gasteiger partial charge is 0.142 e. The van der Waals surface area contributed by atoms with Crippen molar-refractivity contribution >= 4 is 17.3 Å². The highest BCUT2D eigenvalue weighted by Crippen LogP contribution is 2.33. The molecule has 0 saturated heterocycles. The largest absolute Gasteiger partial charge is 0.487 e. The van der Waals surface area contributed by atoms with Crippen LogP contribution in [0.25, 0.3) is 11.1 Å². The van der Waals surface area contributed by atoms with Gasteiger partial charge < -0.3 is 10.5 Å². The van der Waals surface area contributed by atoms with E-state index in [1.54, 1.807) is 12.1 Å². The van der Waals surface area contributed by atoms with Crippen molar-refractivity contribution in [3.63, 3.8) is 0 Å². The number of hydrogen-bond acceptors (Lipinski definition) is 2. The van der Waals surface area contributed by atoms with Crippen LogP contribution in [0.3, 0.4) is 0 Å². The Bertz CT molecular complexity index is 821. The standard InChI is InChI=1S/C19H15ClFNO/c20-17-8-7-15(21)11-16(17)14-6-9-19(18(22)10-14)23-12-13-4-2-1-3-5-13/h1-11H,12,22H2. The highest BCUT2D eigenvalue weighted by atomic mass is 35.5. The second-order valence-corrected chi connectivity index (χ2v) is 5.56. The molecule has 2 nitrogen and oxygen atoms in total. The molecule has 0 amide bonds. The SMILES string of the molecule is Nc1cc(-c2cc(F)ccc2Cl)ccc1OCc1ccccc1. The summed E-state index contributed by atoms with van der Waals surface area (Å²) in [6.45, 7) is 0.436. The minimum absolute atomic E-state index is 0.340. The van der Waals surface area contributed by atoms with Gasteiger partial charge >= 0.3 is 0 Å². The predicted molar refractivity (Wildman–Crippen MR) is 92.0 cm³/mol. The van der Waals surface area contributed by atoms with Crippen molar-refractivity contribution in [1.82, 2.24) is 0 Å². The van der Waals surface area contributed by atoms with Gasteiger partial charge in [-0.05, 0) is 41.5 Å². The summed E-state index contributed by atoms with van der Waals surface area (Å²) in [6, 6.07) is 19.4. The monoisotopic (exact) mass is 327 g/mol. The summed E-state index contributed by atoms with van der Waals surface area (Å²) in [5, 5.41) is 0.476. The molecule has 0 aliphatic heterocycles. The third-order valence-electron chi connectivity index (χ3n) is 3.49. The van der Waals surface area contributed by atoms with Crippen molar-refractivity contribution in [2.75, 3.05) is 5.73 Å². The topological polar surface area (TPSA) is 35.2 Å². The highest BCUT2D eigenvalue weighted by Gasteiger charge is 2.08. The third-order valence-corrected chi connectivity index (χ3v) is 3.82. The highest BCUT2D eigenvalue weighted by molar-refractivity contribution is 6.33. The molecule has 3 rings (SSSR count). The Morgan fingerprint density at radius 2 is 1.74 bits per heavy atom. The van der Waals surface area contributed by atoms with Crippen LogP contribution in [0.1, 0.15) is 5.56 Å². The van der Waals surface area contributed by atoms with E-state index in [1.165, 1.54) is 18.2 Å². The van der Waals surface area contributed by atoms with Gasteiger partial charge in [-0.3, -0.25) is 0 Å². The molecule has 0 heterocycles. The van der Waals surface area contributed by atoms with Crippen LogP contribution in [0.15, 0.2) is 66.7 Å². The van der Waals surface area contributed by atoms with Gasteiger partial charge in [0.25, 0.3) is 0 Å². The first kappa shape index (κ1) is 15.4. The van der Waals surface area contributed by atoms with Gasteiger partial charge in [-0.25, -0.2) is 4.39 Å². The lowest BCUT2D eigenvalue weighted by Gasteiger charge is -2.11. The lowest BCUT2D eigenvalue weighted by molar-refractivity contribution is 0.308. The molecule has 2 N–H and O–H groups in total. The molecular weight excluding hydrogens is 313 g/mol. The predicted octanol–water partition coefficient (Wildman–Crippen LogP) is 5.31. The maximum absolute atomic E-state index is 13.4. The second-order valence-electron chi connectivity index (χ2n) is 5.15. The van der Waals surface area contributed by atoms with Gasteiger partial charge in [-0.1, -0.05) is 48.0 Å². The average Bonchev–Trinajstić information content (AvgIpc) is 2.57. The summed E-state index contributed by atoms with van der Waals surface area (Å²) in [4.78, 5) is 0. The minimum atomic E-state index is -0.340. The molecule has 0 radical (unpaired) electrons. The molecule has 116 valence electrons. The van der Waals surface area contributed by atoms with Gasteiger partial charge in [0.1, 0.15) is 18.2 Å². The molecular formula is C19H15ClFNO. The fourth-order valence-electron chi connectivity index (χ4n) is 2.30. The van der Waals surface area contributed by atoms with Crippen molar-refractivity contribution < 1.29 is 9.13 Å². The molecule has 0 aliphatic rings. The van der Waals surface area contributed by atoms with E-state index in [1.807, 2.05) is 36.4 Å². The maximum Gasteiger partial charge on any atom is 0.142 e. The van der Waals surface area contributed by atoms with Gasteiger partial charge in [0.05, 0.1) is 5.69 Å². The Labute approximate surface area is 139 Å². The number of nitrogen functional groups attached to an aromatic ring is 1. The van der Waals surface area contributed by atoms with Crippen molar-refractivity contribution in [2.24, 2.45) is 0 Å². The van der Waals surface area contributed by atoms with Crippen molar-refractivity contribution in [2.45, 2.75) is 6.61 Å². The number of hydrogen-bond donors (Lipinski definition) is 1. The Balaban J connectivity index is 1.82. The van der Waals surface area contributed by atoms with Gasteiger partial charge in [0, 0.05) is 10.6 Å². The summed E-state index contributed by atoms with van der Waals surface area (Å²) in [5.74, 6) is 0.248. The van der Waals surface area contributed by atoms with Crippen molar-refractivity contribution in [3.8, 4) is 16.9 Å². The molecule has 0 atom stereocenters. The number of halogens is 2. The molecule has 3 aromatic carbocycles. The number of rotatable bonds is 4. The average molecular weight is 328 g/mol. The van der Waals surface area contributed by atoms with Crippen LogP contribution in [0.2, 0.25) is 5.02 Å². The first-order valence-corrected chi connectivity index (χ1v) is 7.53. The van der Waals surface area contributed by atoms with Crippen molar-refractivity contribution in [3.05, 3.63) is 83.1 Å². The summed E-state index contributed by atoms with van der Waals surface area (Å²) in [5.41, 5.74) is 8.95. The van der Waals surface area contributed by atoms with Crippen LogP contribution in [0.5, 0.6) is 5.75 Å². The summed E-state index contributed by atoms with van der Waals surface area (Å²) >= 11 is 6.13. The molecule has 0 aliphatic carbocycles. The van der Waals surface area contributed by atoms with Crippen molar-refractivity contribution in [1.29, 1.82) is 0 Å². The first-order chi connectivity index (χ1) is 11.1. The second kappa shape index (κ2) is 6.71. The number of benzene rings is 3. The fourth-order valence-corrected chi connectivity index (χ4v) is 2.53.